The highest BCUT2D eigenvalue weighted by Gasteiger charge is 2.49. The van der Waals surface area contributed by atoms with Gasteiger partial charge in [0.25, 0.3) is 5.91 Å². The molecule has 0 spiro atoms. The minimum atomic E-state index is -1.26. The Morgan fingerprint density at radius 3 is 2.50 bits per heavy atom. The lowest BCUT2D eigenvalue weighted by Gasteiger charge is -2.39. The zero-order valence-corrected chi connectivity index (χ0v) is 15.7. The van der Waals surface area contributed by atoms with Crippen molar-refractivity contribution in [2.75, 3.05) is 25.1 Å². The number of aliphatic hydroxyl groups is 1. The van der Waals surface area contributed by atoms with E-state index < -0.39 is 4.75 Å². The Balaban J connectivity index is 1.91. The molecule has 2 aromatic carbocycles. The van der Waals surface area contributed by atoms with Crippen LogP contribution in [0.5, 0.6) is 0 Å². The van der Waals surface area contributed by atoms with Gasteiger partial charge >= 0.3 is 0 Å². The highest BCUT2D eigenvalue weighted by Crippen LogP contribution is 2.45. The molecule has 2 amide bonds. The van der Waals surface area contributed by atoms with Gasteiger partial charge in [0.05, 0.1) is 12.3 Å². The molecule has 0 radical (unpaired) electrons. The molecule has 5 nitrogen and oxygen atoms in total. The number of carbonyl (C=O) groups is 2. The number of para-hydroxylation sites is 1. The van der Waals surface area contributed by atoms with Crippen LogP contribution < -0.4 is 4.90 Å². The number of anilines is 1. The summed E-state index contributed by atoms with van der Waals surface area (Å²) in [5.41, 5.74) is 1.77. The number of thioether (sulfide) groups is 1. The fourth-order valence-electron chi connectivity index (χ4n) is 3.13. The zero-order chi connectivity index (χ0) is 18.7. The number of carbonyl (C=O) groups excluding carboxylic acids is 2. The Labute approximate surface area is 157 Å². The van der Waals surface area contributed by atoms with Crippen LogP contribution in [0.2, 0.25) is 0 Å². The Bertz CT molecular complexity index is 812. The van der Waals surface area contributed by atoms with Crippen LogP contribution in [0.1, 0.15) is 12.5 Å². The summed E-state index contributed by atoms with van der Waals surface area (Å²) < 4.78 is -1.26. The molecule has 1 unspecified atom stereocenters. The van der Waals surface area contributed by atoms with Gasteiger partial charge in [0.2, 0.25) is 5.91 Å². The lowest BCUT2D eigenvalue weighted by molar-refractivity contribution is -0.139. The zero-order valence-electron chi connectivity index (χ0n) is 14.9. The number of aliphatic hydroxyl groups excluding tert-OH is 1. The van der Waals surface area contributed by atoms with E-state index in [9.17, 15) is 14.7 Å². The van der Waals surface area contributed by atoms with Crippen LogP contribution in [0.3, 0.4) is 0 Å². The van der Waals surface area contributed by atoms with E-state index in [0.29, 0.717) is 6.54 Å². The molecule has 1 aliphatic rings. The first-order valence-corrected chi connectivity index (χ1v) is 9.29. The molecular weight excluding hydrogens is 348 g/mol. The summed E-state index contributed by atoms with van der Waals surface area (Å²) in [6.07, 6.45) is 0. The molecule has 1 N–H and O–H groups in total. The second-order valence-corrected chi connectivity index (χ2v) is 7.86. The number of hydrogen-bond acceptors (Lipinski definition) is 4. The minimum Gasteiger partial charge on any atom is -0.395 e. The second-order valence-electron chi connectivity index (χ2n) is 6.40. The smallest absolute Gasteiger partial charge is 0.252 e. The van der Waals surface area contributed by atoms with Gasteiger partial charge in [0.15, 0.2) is 4.75 Å². The van der Waals surface area contributed by atoms with E-state index in [-0.39, 0.29) is 25.0 Å². The third-order valence-corrected chi connectivity index (χ3v) is 5.86. The quantitative estimate of drug-likeness (QED) is 0.822. The van der Waals surface area contributed by atoms with Crippen molar-refractivity contribution in [2.24, 2.45) is 0 Å². The van der Waals surface area contributed by atoms with Crippen molar-refractivity contribution in [1.82, 2.24) is 4.90 Å². The molecule has 136 valence electrons. The van der Waals surface area contributed by atoms with E-state index in [2.05, 4.69) is 0 Å². The van der Waals surface area contributed by atoms with E-state index in [0.717, 1.165) is 16.1 Å². The summed E-state index contributed by atoms with van der Waals surface area (Å²) in [4.78, 5) is 30.3. The van der Waals surface area contributed by atoms with Crippen molar-refractivity contribution in [3.8, 4) is 0 Å². The van der Waals surface area contributed by atoms with Gasteiger partial charge in [-0.2, -0.15) is 0 Å². The van der Waals surface area contributed by atoms with Gasteiger partial charge in [-0.1, -0.05) is 54.2 Å². The largest absolute Gasteiger partial charge is 0.395 e. The maximum absolute atomic E-state index is 13.3. The predicted molar refractivity (Wildman–Crippen MR) is 103 cm³/mol. The summed E-state index contributed by atoms with van der Waals surface area (Å²) in [5.74, 6) is -0.533. The fourth-order valence-corrected chi connectivity index (χ4v) is 4.46. The third kappa shape index (κ3) is 3.34. The van der Waals surface area contributed by atoms with Crippen molar-refractivity contribution in [3.63, 3.8) is 0 Å². The highest BCUT2D eigenvalue weighted by molar-refractivity contribution is 8.02. The van der Waals surface area contributed by atoms with Crippen LogP contribution in [-0.2, 0) is 16.1 Å². The predicted octanol–water partition coefficient (Wildman–Crippen LogP) is 2.53. The van der Waals surface area contributed by atoms with Gasteiger partial charge in [-0.05, 0) is 24.6 Å². The molecular formula is C20H22N2O3S. The van der Waals surface area contributed by atoms with Crippen molar-refractivity contribution in [1.29, 1.82) is 0 Å². The molecule has 0 bridgehead atoms. The number of rotatable bonds is 5. The summed E-state index contributed by atoms with van der Waals surface area (Å²) in [6, 6.07) is 17.1. The first-order chi connectivity index (χ1) is 12.5. The SMILES string of the molecule is CN1C(=O)C(C)(C(=O)N(CCO)Cc2ccccc2)Sc2ccccc21. The van der Waals surface area contributed by atoms with Crippen LogP contribution in [0.4, 0.5) is 5.69 Å². The van der Waals surface area contributed by atoms with Gasteiger partial charge in [-0.3, -0.25) is 9.59 Å². The van der Waals surface area contributed by atoms with Gasteiger partial charge in [0, 0.05) is 25.0 Å². The lowest BCUT2D eigenvalue weighted by Crippen LogP contribution is -2.56. The van der Waals surface area contributed by atoms with Crippen molar-refractivity contribution in [3.05, 3.63) is 60.2 Å². The van der Waals surface area contributed by atoms with E-state index in [1.54, 1.807) is 23.8 Å². The van der Waals surface area contributed by atoms with E-state index in [4.69, 9.17) is 0 Å². The van der Waals surface area contributed by atoms with Gasteiger partial charge in [-0.25, -0.2) is 0 Å². The molecule has 0 fully saturated rings. The van der Waals surface area contributed by atoms with Crippen LogP contribution in [0.15, 0.2) is 59.5 Å². The molecule has 0 aromatic heterocycles. The first-order valence-electron chi connectivity index (χ1n) is 8.47. The average molecular weight is 370 g/mol. The minimum absolute atomic E-state index is 0.153. The molecule has 0 saturated carbocycles. The topological polar surface area (TPSA) is 60.9 Å². The standard InChI is InChI=1S/C20H22N2O3S/c1-20(18(24)21(2)16-10-6-7-11-17(16)26-20)19(25)22(12-13-23)14-15-8-4-3-5-9-15/h3-11,23H,12-14H2,1-2H3. The number of amides is 2. The number of nitrogens with zero attached hydrogens (tertiary/aromatic N) is 2. The molecule has 26 heavy (non-hydrogen) atoms. The van der Waals surface area contributed by atoms with E-state index >= 15 is 0 Å². The Morgan fingerprint density at radius 2 is 1.81 bits per heavy atom. The third-order valence-electron chi connectivity index (χ3n) is 4.53. The molecule has 0 saturated heterocycles. The number of benzene rings is 2. The normalized spacial score (nSPS) is 19.2. The number of hydrogen-bond donors (Lipinski definition) is 1. The Morgan fingerprint density at radius 1 is 1.15 bits per heavy atom. The molecule has 6 heteroatoms. The summed E-state index contributed by atoms with van der Waals surface area (Å²) >= 11 is 1.28. The van der Waals surface area contributed by atoms with Gasteiger partial charge in [0.1, 0.15) is 0 Å². The van der Waals surface area contributed by atoms with Crippen LogP contribution in [0, 0.1) is 0 Å². The van der Waals surface area contributed by atoms with E-state index in [1.165, 1.54) is 11.8 Å². The Hall–Kier alpha value is -2.31. The van der Waals surface area contributed by atoms with Gasteiger partial charge < -0.3 is 14.9 Å². The van der Waals surface area contributed by atoms with E-state index in [1.807, 2.05) is 54.6 Å². The average Bonchev–Trinajstić information content (AvgIpc) is 2.66. The maximum Gasteiger partial charge on any atom is 0.252 e. The second kappa shape index (κ2) is 7.51. The molecule has 2 aromatic rings. The fraction of sp³-hybridized carbons (Fsp3) is 0.300. The maximum atomic E-state index is 13.3. The van der Waals surface area contributed by atoms with Crippen molar-refractivity contribution >= 4 is 29.3 Å². The van der Waals surface area contributed by atoms with Crippen LogP contribution in [-0.4, -0.2) is 46.8 Å². The molecule has 1 heterocycles. The highest BCUT2D eigenvalue weighted by atomic mass is 32.2. The molecule has 1 atom stereocenters. The van der Waals surface area contributed by atoms with Crippen molar-refractivity contribution < 1.29 is 14.7 Å². The molecule has 0 aliphatic carbocycles. The summed E-state index contributed by atoms with van der Waals surface area (Å²) in [5, 5.41) is 9.43. The summed E-state index contributed by atoms with van der Waals surface area (Å²) in [7, 11) is 1.69. The lowest BCUT2D eigenvalue weighted by atomic mass is 10.1. The molecule has 1 aliphatic heterocycles. The monoisotopic (exact) mass is 370 g/mol. The molecule has 3 rings (SSSR count). The van der Waals surface area contributed by atoms with Crippen LogP contribution in [0.25, 0.3) is 0 Å². The summed E-state index contributed by atoms with van der Waals surface area (Å²) in [6.45, 7) is 2.06. The number of fused-ring (bicyclic) bond motifs is 1. The first kappa shape index (κ1) is 18.5. The van der Waals surface area contributed by atoms with Crippen molar-refractivity contribution in [2.45, 2.75) is 23.1 Å². The van der Waals surface area contributed by atoms with Crippen LogP contribution >= 0.6 is 11.8 Å². The van der Waals surface area contributed by atoms with Gasteiger partial charge in [-0.15, -0.1) is 0 Å². The Kier molecular flexibility index (Phi) is 5.34.